The summed E-state index contributed by atoms with van der Waals surface area (Å²) in [4.78, 5) is 4.89. The lowest BCUT2D eigenvalue weighted by Gasteiger charge is -2.30. The molecule has 12 rings (SSSR count). The van der Waals surface area contributed by atoms with Gasteiger partial charge in [0.2, 0.25) is 0 Å². The summed E-state index contributed by atoms with van der Waals surface area (Å²) in [6, 6.07) is 58.9. The first-order valence-corrected chi connectivity index (χ1v) is 25.1. The molecule has 0 aliphatic heterocycles. The van der Waals surface area contributed by atoms with Gasteiger partial charge in [-0.3, -0.25) is 0 Å². The van der Waals surface area contributed by atoms with Crippen molar-refractivity contribution in [3.8, 4) is 0 Å². The van der Waals surface area contributed by atoms with Crippen LogP contribution in [-0.2, 0) is 10.8 Å². The minimum Gasteiger partial charge on any atom is -0.454 e. The molecule has 2 heterocycles. The van der Waals surface area contributed by atoms with Gasteiger partial charge >= 0.3 is 0 Å². The van der Waals surface area contributed by atoms with Crippen molar-refractivity contribution < 1.29 is 8.83 Å². The monoisotopic (exact) mass is 912 g/mol. The lowest BCUT2D eigenvalue weighted by Crippen LogP contribution is -2.15. The topological polar surface area (TPSA) is 32.8 Å². The molecule has 0 aliphatic rings. The van der Waals surface area contributed by atoms with E-state index < -0.39 is 0 Å². The maximum atomic E-state index is 7.18. The van der Waals surface area contributed by atoms with Crippen LogP contribution in [0.15, 0.2) is 167 Å². The second kappa shape index (κ2) is 16.0. The molecule has 0 N–H and O–H groups in total. The van der Waals surface area contributed by atoms with Crippen molar-refractivity contribution in [3.05, 3.63) is 191 Å². The summed E-state index contributed by atoms with van der Waals surface area (Å²) in [6.07, 6.45) is 2.01. The molecule has 10 aromatic carbocycles. The van der Waals surface area contributed by atoms with E-state index in [1.54, 1.807) is 0 Å². The third-order valence-electron chi connectivity index (χ3n) is 15.7. The first kappa shape index (κ1) is 43.7. The Balaban J connectivity index is 1.13. The smallest absolute Gasteiger partial charge is 0.159 e. The number of rotatable bonds is 10. The Hall–Kier alpha value is -7.56. The molecule has 0 saturated carbocycles. The Morgan fingerprint density at radius 2 is 0.700 bits per heavy atom. The van der Waals surface area contributed by atoms with Crippen molar-refractivity contribution in [2.45, 2.75) is 92.9 Å². The molecule has 2 aromatic heterocycles. The summed E-state index contributed by atoms with van der Waals surface area (Å²) in [5, 5.41) is 11.8. The van der Waals surface area contributed by atoms with Crippen molar-refractivity contribution in [3.63, 3.8) is 0 Å². The van der Waals surface area contributed by atoms with E-state index in [4.69, 9.17) is 8.83 Å². The second-order valence-corrected chi connectivity index (χ2v) is 21.3. The zero-order valence-corrected chi connectivity index (χ0v) is 42.1. The van der Waals surface area contributed by atoms with Gasteiger partial charge in [0.15, 0.2) is 11.2 Å². The number of hydrogen-bond donors (Lipinski definition) is 0. The molecular weight excluding hydrogens is 853 g/mol. The Bertz CT molecular complexity index is 3750. The highest BCUT2D eigenvalue weighted by molar-refractivity contribution is 6.29. The van der Waals surface area contributed by atoms with Crippen LogP contribution in [-0.4, -0.2) is 0 Å². The molecule has 12 aromatic rings. The Morgan fingerprint density at radius 1 is 0.357 bits per heavy atom. The molecule has 0 bridgehead atoms. The fraction of sp³-hybridized carbons (Fsp3) is 0.212. The van der Waals surface area contributed by atoms with Crippen LogP contribution in [0.5, 0.6) is 0 Å². The minimum absolute atomic E-state index is 0.0481. The van der Waals surface area contributed by atoms with Crippen molar-refractivity contribution in [1.29, 1.82) is 0 Å². The lowest BCUT2D eigenvalue weighted by atomic mass is 9.81. The molecule has 0 atom stereocenters. The van der Waals surface area contributed by atoms with E-state index in [0.29, 0.717) is 0 Å². The number of para-hydroxylation sites is 4. The number of benzene rings is 10. The van der Waals surface area contributed by atoms with Gasteiger partial charge in [0.25, 0.3) is 0 Å². The second-order valence-electron chi connectivity index (χ2n) is 21.3. The predicted molar refractivity (Wildman–Crippen MR) is 300 cm³/mol. The van der Waals surface area contributed by atoms with E-state index in [1.807, 2.05) is 0 Å². The van der Waals surface area contributed by atoms with Gasteiger partial charge in [-0.2, -0.15) is 0 Å². The summed E-state index contributed by atoms with van der Waals surface area (Å²) >= 11 is 0. The van der Waals surface area contributed by atoms with Gasteiger partial charge in [-0.1, -0.05) is 151 Å². The van der Waals surface area contributed by atoms with Crippen molar-refractivity contribution in [1.82, 2.24) is 0 Å². The molecule has 346 valence electrons. The molecule has 0 radical (unpaired) electrons. The summed E-state index contributed by atoms with van der Waals surface area (Å²) in [5.41, 5.74) is 17.4. The number of fused-ring (bicyclic) bond motifs is 6. The lowest BCUT2D eigenvalue weighted by molar-refractivity contribution is 0.500. The van der Waals surface area contributed by atoms with Gasteiger partial charge < -0.3 is 18.6 Å². The number of nitrogens with zero attached hydrogens (tertiary/aromatic N) is 2. The quantitative estimate of drug-likeness (QED) is 0.128. The van der Waals surface area contributed by atoms with Crippen LogP contribution < -0.4 is 9.80 Å². The zero-order valence-electron chi connectivity index (χ0n) is 42.1. The van der Waals surface area contributed by atoms with Crippen LogP contribution in [0.4, 0.5) is 34.1 Å². The molecule has 0 saturated heterocycles. The minimum atomic E-state index is -0.0481. The predicted octanol–water partition coefficient (Wildman–Crippen LogP) is 19.9. The molecule has 0 fully saturated rings. The average molecular weight is 913 g/mol. The van der Waals surface area contributed by atoms with E-state index >= 15 is 0 Å². The van der Waals surface area contributed by atoms with Gasteiger partial charge in [0.05, 0.1) is 22.7 Å². The maximum absolute atomic E-state index is 7.18. The summed E-state index contributed by atoms with van der Waals surface area (Å²) < 4.78 is 14.4. The SMILES string of the molecule is CCC(C)(C)c1cccc2c1oc1c(N(c3cc(C)cc(C)c3)c3ccc4ccc5c(N(c6cc(C)cc(C)c6)c6cccc7c6oc6c(C(C)(C)CC)cccc67)ccc6ccc3c4c65)cccc12. The molecule has 0 aliphatic carbocycles. The molecule has 4 nitrogen and oxygen atoms in total. The summed E-state index contributed by atoms with van der Waals surface area (Å²) in [5.74, 6) is 0. The summed E-state index contributed by atoms with van der Waals surface area (Å²) in [6.45, 7) is 22.6. The van der Waals surface area contributed by atoms with Crippen LogP contribution >= 0.6 is 0 Å². The Kier molecular flexibility index (Phi) is 9.99. The van der Waals surface area contributed by atoms with E-state index in [2.05, 4.69) is 237 Å². The van der Waals surface area contributed by atoms with E-state index in [1.165, 1.54) is 65.7 Å². The van der Waals surface area contributed by atoms with E-state index in [0.717, 1.165) is 90.8 Å². The van der Waals surface area contributed by atoms with Crippen molar-refractivity contribution in [2.75, 3.05) is 9.80 Å². The van der Waals surface area contributed by atoms with Gasteiger partial charge in [-0.05, 0) is 144 Å². The zero-order chi connectivity index (χ0) is 48.4. The van der Waals surface area contributed by atoms with Crippen LogP contribution in [0, 0.1) is 27.7 Å². The summed E-state index contributed by atoms with van der Waals surface area (Å²) in [7, 11) is 0. The highest BCUT2D eigenvalue weighted by Gasteiger charge is 2.29. The van der Waals surface area contributed by atoms with Crippen LogP contribution in [0.1, 0.15) is 87.8 Å². The Morgan fingerprint density at radius 3 is 1.07 bits per heavy atom. The number of anilines is 6. The average Bonchev–Trinajstić information content (AvgIpc) is 3.93. The molecule has 70 heavy (non-hydrogen) atoms. The van der Waals surface area contributed by atoms with Crippen LogP contribution in [0.3, 0.4) is 0 Å². The number of aryl methyl sites for hydroxylation is 4. The third kappa shape index (κ3) is 6.71. The highest BCUT2D eigenvalue weighted by atomic mass is 16.3. The Labute approximate surface area is 411 Å². The molecule has 0 amide bonds. The van der Waals surface area contributed by atoms with Gasteiger partial charge in [0.1, 0.15) is 11.2 Å². The van der Waals surface area contributed by atoms with Gasteiger partial charge in [-0.25, -0.2) is 0 Å². The first-order valence-electron chi connectivity index (χ1n) is 25.1. The van der Waals surface area contributed by atoms with Crippen LogP contribution in [0.2, 0.25) is 0 Å². The molecule has 0 spiro atoms. The standard InChI is InChI=1S/C66H60N2O2/c1-11-65(7,8)53-21-13-17-47-49-19-15-23-57(63(49)69-61(47)53)67(45-35-39(3)33-40(4)36-45)55-31-27-43-26-30-52-56(32-28-44-25-29-51(55)59(43)60(44)52)68(46-37-41(5)34-42(6)38-46)58-24-16-20-50-48-18-14-22-54(66(9,10)12-2)62(48)70-64(50)58/h13-38H,11-12H2,1-10H3. The fourth-order valence-electron chi connectivity index (χ4n) is 11.5. The van der Waals surface area contributed by atoms with Crippen LogP contribution in [0.25, 0.3) is 76.2 Å². The van der Waals surface area contributed by atoms with Crippen molar-refractivity contribution in [2.24, 2.45) is 0 Å². The van der Waals surface area contributed by atoms with Crippen molar-refractivity contribution >= 4 is 110 Å². The van der Waals surface area contributed by atoms with Gasteiger partial charge in [0, 0.05) is 54.8 Å². The van der Waals surface area contributed by atoms with Gasteiger partial charge in [-0.15, -0.1) is 0 Å². The highest BCUT2D eigenvalue weighted by Crippen LogP contribution is 2.51. The molecule has 4 heteroatoms. The third-order valence-corrected chi connectivity index (χ3v) is 15.7. The van der Waals surface area contributed by atoms with E-state index in [9.17, 15) is 0 Å². The fourth-order valence-corrected chi connectivity index (χ4v) is 11.5. The number of furan rings is 2. The van der Waals surface area contributed by atoms with E-state index in [-0.39, 0.29) is 10.8 Å². The largest absolute Gasteiger partial charge is 0.454 e. The first-order chi connectivity index (χ1) is 33.7. The number of hydrogen-bond acceptors (Lipinski definition) is 4. The molecular formula is C66H60N2O2. The normalized spacial score (nSPS) is 12.5. The maximum Gasteiger partial charge on any atom is 0.159 e. The molecule has 0 unspecified atom stereocenters.